The molecule has 0 aliphatic carbocycles. The van der Waals surface area contributed by atoms with Crippen LogP contribution in [0.1, 0.15) is 38.7 Å². The predicted octanol–water partition coefficient (Wildman–Crippen LogP) is 4.06. The van der Waals surface area contributed by atoms with E-state index in [1.807, 2.05) is 62.4 Å². The Bertz CT molecular complexity index is 1380. The third kappa shape index (κ3) is 2.81. The molecule has 0 aromatic heterocycles. The highest BCUT2D eigenvalue weighted by Crippen LogP contribution is 2.53. The predicted molar refractivity (Wildman–Crippen MR) is 129 cm³/mol. The molecule has 6 rings (SSSR count). The Morgan fingerprint density at radius 2 is 1.56 bits per heavy atom. The smallest absolute Gasteiger partial charge is 0.240 e. The van der Waals surface area contributed by atoms with E-state index in [1.54, 1.807) is 35.5 Å². The Labute approximate surface area is 197 Å². The van der Waals surface area contributed by atoms with E-state index in [0.717, 1.165) is 22.3 Å². The molecule has 4 atom stereocenters. The molecule has 0 radical (unpaired) electrons. The number of rotatable bonds is 3. The molecule has 2 fully saturated rings. The van der Waals surface area contributed by atoms with Crippen molar-refractivity contribution in [2.45, 2.75) is 25.9 Å². The summed E-state index contributed by atoms with van der Waals surface area (Å²) in [6, 6.07) is 21.0. The maximum Gasteiger partial charge on any atom is 0.240 e. The van der Waals surface area contributed by atoms with Crippen LogP contribution in [0.15, 0.2) is 77.9 Å². The molecule has 3 aliphatic rings. The summed E-state index contributed by atoms with van der Waals surface area (Å²) in [6.07, 6.45) is 1.72. The summed E-state index contributed by atoms with van der Waals surface area (Å²) in [5, 5.41) is 6.30. The van der Waals surface area contributed by atoms with E-state index in [2.05, 4.69) is 5.10 Å². The number of ketones is 1. The van der Waals surface area contributed by atoms with Gasteiger partial charge in [-0.25, -0.2) is 4.90 Å². The molecule has 3 aromatic carbocycles. The van der Waals surface area contributed by atoms with Gasteiger partial charge in [0.1, 0.15) is 6.04 Å². The maximum atomic E-state index is 13.9. The van der Waals surface area contributed by atoms with Crippen molar-refractivity contribution in [3.63, 3.8) is 0 Å². The van der Waals surface area contributed by atoms with Crippen molar-refractivity contribution in [1.82, 2.24) is 5.01 Å². The van der Waals surface area contributed by atoms with Crippen LogP contribution in [0.5, 0.6) is 0 Å². The number of hydrogen-bond donors (Lipinski definition) is 0. The summed E-state index contributed by atoms with van der Waals surface area (Å²) in [7, 11) is 0. The molecular weight excluding hydrogens is 426 g/mol. The van der Waals surface area contributed by atoms with Crippen LogP contribution in [0, 0.1) is 25.7 Å². The number of carbonyl (C=O) groups is 3. The van der Waals surface area contributed by atoms with Gasteiger partial charge in [0.15, 0.2) is 5.78 Å². The first-order chi connectivity index (χ1) is 16.5. The average molecular weight is 450 g/mol. The Morgan fingerprint density at radius 1 is 0.853 bits per heavy atom. The first kappa shape index (κ1) is 20.5. The third-order valence-electron chi connectivity index (χ3n) is 7.21. The monoisotopic (exact) mass is 449 g/mol. The first-order valence-corrected chi connectivity index (χ1v) is 11.4. The number of benzene rings is 3. The zero-order chi connectivity index (χ0) is 23.6. The third-order valence-corrected chi connectivity index (χ3v) is 7.21. The number of Topliss-reactive ketones (excluding diaryl/α,β-unsaturated/α-hetero) is 1. The van der Waals surface area contributed by atoms with Gasteiger partial charge >= 0.3 is 0 Å². The van der Waals surface area contributed by atoms with Crippen LogP contribution >= 0.6 is 0 Å². The van der Waals surface area contributed by atoms with Crippen molar-refractivity contribution in [2.24, 2.45) is 16.9 Å². The minimum Gasteiger partial charge on any atom is -0.292 e. The Hall–Kier alpha value is -4.06. The van der Waals surface area contributed by atoms with E-state index >= 15 is 0 Å². The van der Waals surface area contributed by atoms with E-state index in [1.165, 1.54) is 4.90 Å². The number of nitrogens with zero attached hydrogens (tertiary/aromatic N) is 3. The van der Waals surface area contributed by atoms with Gasteiger partial charge in [-0.1, -0.05) is 72.3 Å². The van der Waals surface area contributed by atoms with Crippen LogP contribution in [-0.2, 0) is 9.59 Å². The summed E-state index contributed by atoms with van der Waals surface area (Å²) in [5.74, 6) is -2.30. The van der Waals surface area contributed by atoms with Crippen LogP contribution in [0.25, 0.3) is 0 Å². The topological polar surface area (TPSA) is 70.1 Å². The minimum atomic E-state index is -0.853. The summed E-state index contributed by atoms with van der Waals surface area (Å²) in [6.45, 7) is 3.87. The molecule has 0 N–H and O–H groups in total. The van der Waals surface area contributed by atoms with E-state index in [4.69, 9.17) is 0 Å². The summed E-state index contributed by atoms with van der Waals surface area (Å²) >= 11 is 0. The molecule has 3 aromatic rings. The molecule has 34 heavy (non-hydrogen) atoms. The fourth-order valence-electron chi connectivity index (χ4n) is 5.74. The normalized spacial score (nSPS) is 24.8. The fourth-order valence-corrected chi connectivity index (χ4v) is 5.74. The van der Waals surface area contributed by atoms with Gasteiger partial charge in [-0.05, 0) is 36.6 Å². The molecule has 168 valence electrons. The minimum absolute atomic E-state index is 0.196. The molecule has 0 spiro atoms. The van der Waals surface area contributed by atoms with Gasteiger partial charge in [0.05, 0.1) is 29.8 Å². The molecule has 2 amide bonds. The van der Waals surface area contributed by atoms with Crippen LogP contribution in [-0.4, -0.2) is 34.9 Å². The van der Waals surface area contributed by atoms with Crippen molar-refractivity contribution in [3.05, 3.63) is 101 Å². The highest BCUT2D eigenvalue weighted by molar-refractivity contribution is 6.25. The van der Waals surface area contributed by atoms with Gasteiger partial charge in [-0.3, -0.25) is 19.4 Å². The molecule has 2 saturated heterocycles. The Kier molecular flexibility index (Phi) is 4.52. The molecule has 6 nitrogen and oxygen atoms in total. The number of fused-ring (bicyclic) bond motifs is 5. The quantitative estimate of drug-likeness (QED) is 0.447. The van der Waals surface area contributed by atoms with E-state index in [9.17, 15) is 14.4 Å². The largest absolute Gasteiger partial charge is 0.292 e. The van der Waals surface area contributed by atoms with E-state index in [-0.39, 0.29) is 17.6 Å². The van der Waals surface area contributed by atoms with E-state index in [0.29, 0.717) is 11.3 Å². The van der Waals surface area contributed by atoms with Crippen molar-refractivity contribution in [3.8, 4) is 0 Å². The Balaban J connectivity index is 1.51. The van der Waals surface area contributed by atoms with E-state index < -0.39 is 23.9 Å². The number of anilines is 1. The van der Waals surface area contributed by atoms with Crippen LogP contribution in [0.3, 0.4) is 0 Å². The van der Waals surface area contributed by atoms with Gasteiger partial charge < -0.3 is 0 Å². The second-order valence-corrected chi connectivity index (χ2v) is 9.23. The number of amides is 2. The second kappa shape index (κ2) is 7.48. The summed E-state index contributed by atoms with van der Waals surface area (Å²) < 4.78 is 0. The first-order valence-electron chi connectivity index (χ1n) is 11.4. The number of aryl methyl sites for hydroxylation is 2. The van der Waals surface area contributed by atoms with Gasteiger partial charge in [0.2, 0.25) is 11.8 Å². The second-order valence-electron chi connectivity index (χ2n) is 9.23. The lowest BCUT2D eigenvalue weighted by molar-refractivity contribution is -0.124. The number of imide groups is 1. The number of hydrazone groups is 1. The van der Waals surface area contributed by atoms with Crippen molar-refractivity contribution in [1.29, 1.82) is 0 Å². The van der Waals surface area contributed by atoms with Crippen LogP contribution in [0.2, 0.25) is 0 Å². The van der Waals surface area contributed by atoms with Crippen molar-refractivity contribution in [2.75, 3.05) is 4.90 Å². The molecular formula is C28H23N3O3. The molecule has 0 unspecified atom stereocenters. The lowest BCUT2D eigenvalue weighted by atomic mass is 9.83. The van der Waals surface area contributed by atoms with Crippen LogP contribution in [0.4, 0.5) is 5.69 Å². The molecule has 3 heterocycles. The number of hydrogen-bond acceptors (Lipinski definition) is 5. The highest BCUT2D eigenvalue weighted by Gasteiger charge is 2.65. The lowest BCUT2D eigenvalue weighted by Crippen LogP contribution is -2.44. The molecule has 6 heteroatoms. The van der Waals surface area contributed by atoms with Gasteiger partial charge in [0.25, 0.3) is 0 Å². The molecule has 0 bridgehead atoms. The number of carbonyl (C=O) groups excluding carboxylic acids is 3. The zero-order valence-corrected chi connectivity index (χ0v) is 18.9. The Morgan fingerprint density at radius 3 is 2.32 bits per heavy atom. The highest BCUT2D eigenvalue weighted by atomic mass is 16.2. The zero-order valence-electron chi connectivity index (χ0n) is 18.9. The van der Waals surface area contributed by atoms with Crippen molar-refractivity contribution >= 4 is 29.5 Å². The van der Waals surface area contributed by atoms with Crippen molar-refractivity contribution < 1.29 is 14.4 Å². The standard InChI is InChI=1S/C28H23N3O3/c1-16-12-13-21(17(2)14-16)30-27(33)22-23(28(30)34)25(26(32)18-8-4-3-5-9-18)31-24(22)20-11-7-6-10-19(20)15-29-31/h3-15,22-25H,1-2H3/t22-,23+,24+,25-/m0/s1. The van der Waals surface area contributed by atoms with Gasteiger partial charge in [-0.2, -0.15) is 5.10 Å². The lowest BCUT2D eigenvalue weighted by Gasteiger charge is -2.34. The average Bonchev–Trinajstić information content (AvgIpc) is 3.32. The van der Waals surface area contributed by atoms with Crippen LogP contribution < -0.4 is 4.90 Å². The van der Waals surface area contributed by atoms with Gasteiger partial charge in [0, 0.05) is 5.56 Å². The van der Waals surface area contributed by atoms with Gasteiger partial charge in [-0.15, -0.1) is 0 Å². The fraction of sp³-hybridized carbons (Fsp3) is 0.214. The molecule has 0 saturated carbocycles. The SMILES string of the molecule is Cc1ccc(N2C(=O)[C@@H]3[C@H](C2=O)[C@H]2c4ccccc4C=NN2[C@@H]3C(=O)c2ccccc2)c(C)c1. The summed E-state index contributed by atoms with van der Waals surface area (Å²) in [5.41, 5.74) is 4.82. The molecule has 3 aliphatic heterocycles. The summed E-state index contributed by atoms with van der Waals surface area (Å²) in [4.78, 5) is 42.9. The maximum absolute atomic E-state index is 13.9.